The van der Waals surface area contributed by atoms with Gasteiger partial charge in [0.05, 0.1) is 13.2 Å². The van der Waals surface area contributed by atoms with Crippen LogP contribution in [0.4, 0.5) is 0 Å². The highest BCUT2D eigenvalue weighted by molar-refractivity contribution is 5.86. The van der Waals surface area contributed by atoms with Gasteiger partial charge in [0.25, 0.3) is 0 Å². The summed E-state index contributed by atoms with van der Waals surface area (Å²) >= 11 is 0. The fourth-order valence-corrected chi connectivity index (χ4v) is 1.56. The largest absolute Gasteiger partial charge is 0.462 e. The van der Waals surface area contributed by atoms with Crippen LogP contribution in [-0.4, -0.2) is 18.5 Å². The van der Waals surface area contributed by atoms with Gasteiger partial charge in [0.2, 0.25) is 0 Å². The summed E-state index contributed by atoms with van der Waals surface area (Å²) in [6, 6.07) is 7.62. The third-order valence-corrected chi connectivity index (χ3v) is 2.68. The highest BCUT2D eigenvalue weighted by Gasteiger charge is 2.06. The minimum atomic E-state index is -0.493. The zero-order valence-electron chi connectivity index (χ0n) is 12.1. The lowest BCUT2D eigenvalue weighted by Crippen LogP contribution is -2.20. The van der Waals surface area contributed by atoms with Gasteiger partial charge in [-0.25, -0.2) is 9.59 Å². The molecule has 0 aliphatic rings. The maximum absolute atomic E-state index is 11.2. The summed E-state index contributed by atoms with van der Waals surface area (Å²) in [7, 11) is 0. The van der Waals surface area contributed by atoms with Crippen LogP contribution < -0.4 is 5.48 Å². The predicted molar refractivity (Wildman–Crippen MR) is 79.0 cm³/mol. The van der Waals surface area contributed by atoms with E-state index in [0.717, 1.165) is 17.2 Å². The zero-order chi connectivity index (χ0) is 15.7. The number of esters is 1. The molecule has 5 heteroatoms. The summed E-state index contributed by atoms with van der Waals surface area (Å²) in [5.41, 5.74) is 4.89. The van der Waals surface area contributed by atoms with E-state index >= 15 is 0 Å². The molecule has 0 amide bonds. The number of hydroxylamine groups is 1. The van der Waals surface area contributed by atoms with Crippen molar-refractivity contribution < 1.29 is 19.2 Å². The molecule has 0 fully saturated rings. The molecule has 0 heterocycles. The van der Waals surface area contributed by atoms with Crippen LogP contribution in [0.25, 0.3) is 0 Å². The average Bonchev–Trinajstić information content (AvgIpc) is 2.48. The lowest BCUT2D eigenvalue weighted by Gasteiger charge is -2.10. The Morgan fingerprint density at radius 2 is 1.95 bits per heavy atom. The molecule has 0 unspecified atom stereocenters. The fraction of sp³-hybridized carbons (Fsp3) is 0.250. The summed E-state index contributed by atoms with van der Waals surface area (Å²) in [4.78, 5) is 27.1. The number of ether oxygens (including phenoxy) is 1. The van der Waals surface area contributed by atoms with Crippen LogP contribution >= 0.6 is 0 Å². The Hall–Kier alpha value is -2.40. The number of benzene rings is 1. The maximum Gasteiger partial charge on any atom is 0.351 e. The van der Waals surface area contributed by atoms with E-state index in [2.05, 4.69) is 18.6 Å². The Labute approximate surface area is 124 Å². The molecule has 0 saturated heterocycles. The molecule has 0 atom stereocenters. The molecule has 5 nitrogen and oxygen atoms in total. The van der Waals surface area contributed by atoms with Crippen LogP contribution in [0.3, 0.4) is 0 Å². The van der Waals surface area contributed by atoms with Crippen molar-refractivity contribution >= 4 is 11.9 Å². The smallest absolute Gasteiger partial charge is 0.351 e. The number of carbonyl (C=O) groups excluding carboxylic acids is 2. The number of hydrogen-bond donors (Lipinski definition) is 1. The Morgan fingerprint density at radius 3 is 2.57 bits per heavy atom. The quantitative estimate of drug-likeness (QED) is 0.451. The van der Waals surface area contributed by atoms with Gasteiger partial charge in [-0.2, -0.15) is 0 Å². The van der Waals surface area contributed by atoms with Crippen LogP contribution in [0, 0.1) is 0 Å². The van der Waals surface area contributed by atoms with E-state index in [1.165, 1.54) is 0 Å². The number of rotatable bonds is 8. The summed E-state index contributed by atoms with van der Waals surface area (Å²) in [5.74, 6) is -0.937. The monoisotopic (exact) mass is 289 g/mol. The first-order valence-electron chi connectivity index (χ1n) is 6.50. The third kappa shape index (κ3) is 6.05. The molecule has 1 aromatic rings. The molecular formula is C16H19NO4. The normalized spacial score (nSPS) is 9.76. The van der Waals surface area contributed by atoms with Crippen molar-refractivity contribution in [3.63, 3.8) is 0 Å². The van der Waals surface area contributed by atoms with Crippen molar-refractivity contribution in [3.8, 4) is 0 Å². The van der Waals surface area contributed by atoms with Gasteiger partial charge in [-0.05, 0) is 18.1 Å². The van der Waals surface area contributed by atoms with E-state index in [1.807, 2.05) is 24.3 Å². The van der Waals surface area contributed by atoms with Crippen molar-refractivity contribution in [1.82, 2.24) is 5.48 Å². The number of nitrogens with one attached hydrogen (secondary N) is 1. The zero-order valence-corrected chi connectivity index (χ0v) is 12.1. The van der Waals surface area contributed by atoms with Gasteiger partial charge in [0.15, 0.2) is 0 Å². The van der Waals surface area contributed by atoms with E-state index in [-0.39, 0.29) is 6.61 Å². The SMILES string of the molecule is C=CC(=O)OCCc1ccccc1CNOC(=O)C(=C)C. The van der Waals surface area contributed by atoms with Crippen molar-refractivity contribution in [1.29, 1.82) is 0 Å². The molecule has 0 aromatic heterocycles. The lowest BCUT2D eigenvalue weighted by molar-refractivity contribution is -0.146. The highest BCUT2D eigenvalue weighted by Crippen LogP contribution is 2.10. The Morgan fingerprint density at radius 1 is 1.29 bits per heavy atom. The van der Waals surface area contributed by atoms with Gasteiger partial charge in [-0.1, -0.05) is 37.4 Å². The lowest BCUT2D eigenvalue weighted by atomic mass is 10.1. The van der Waals surface area contributed by atoms with Gasteiger partial charge in [0, 0.05) is 18.1 Å². The molecule has 0 radical (unpaired) electrons. The van der Waals surface area contributed by atoms with Crippen LogP contribution in [0.5, 0.6) is 0 Å². The van der Waals surface area contributed by atoms with Crippen LogP contribution in [0.1, 0.15) is 18.1 Å². The van der Waals surface area contributed by atoms with E-state index in [9.17, 15) is 9.59 Å². The average molecular weight is 289 g/mol. The minimum absolute atomic E-state index is 0.271. The molecule has 1 N–H and O–H groups in total. The first-order valence-corrected chi connectivity index (χ1v) is 6.50. The maximum atomic E-state index is 11.2. The summed E-state index contributed by atoms with van der Waals surface area (Å²) < 4.78 is 4.95. The number of carbonyl (C=O) groups is 2. The molecule has 0 spiro atoms. The van der Waals surface area contributed by atoms with E-state index < -0.39 is 11.9 Å². The van der Waals surface area contributed by atoms with Crippen molar-refractivity contribution in [2.75, 3.05) is 6.61 Å². The van der Waals surface area contributed by atoms with Gasteiger partial charge in [-0.15, -0.1) is 5.48 Å². The van der Waals surface area contributed by atoms with Gasteiger partial charge >= 0.3 is 11.9 Å². The molecular weight excluding hydrogens is 270 g/mol. The molecule has 112 valence electrons. The highest BCUT2D eigenvalue weighted by atomic mass is 16.7. The Balaban J connectivity index is 2.50. The summed E-state index contributed by atoms with van der Waals surface area (Å²) in [5, 5.41) is 0. The third-order valence-electron chi connectivity index (χ3n) is 2.68. The molecule has 0 aliphatic carbocycles. The van der Waals surface area contributed by atoms with Crippen molar-refractivity contribution in [3.05, 3.63) is 60.2 Å². The second kappa shape index (κ2) is 8.71. The first kappa shape index (κ1) is 16.7. The summed E-state index contributed by atoms with van der Waals surface area (Å²) in [6.45, 7) is 9.04. The van der Waals surface area contributed by atoms with Crippen LogP contribution in [-0.2, 0) is 32.1 Å². The standard InChI is InChI=1S/C16H19NO4/c1-4-15(18)20-10-9-13-7-5-6-8-14(13)11-17-21-16(19)12(2)3/h4-8,17H,1-2,9-11H2,3H3. The number of hydrogen-bond acceptors (Lipinski definition) is 5. The Kier molecular flexibility index (Phi) is 6.91. The topological polar surface area (TPSA) is 64.6 Å². The van der Waals surface area contributed by atoms with Crippen molar-refractivity contribution in [2.24, 2.45) is 0 Å². The molecule has 1 rings (SSSR count). The van der Waals surface area contributed by atoms with Crippen LogP contribution in [0.15, 0.2) is 49.1 Å². The van der Waals surface area contributed by atoms with Gasteiger partial charge in [0.1, 0.15) is 0 Å². The second-order valence-corrected chi connectivity index (χ2v) is 4.38. The van der Waals surface area contributed by atoms with E-state index in [4.69, 9.17) is 9.57 Å². The van der Waals surface area contributed by atoms with Gasteiger partial charge < -0.3 is 9.57 Å². The molecule has 0 aliphatic heterocycles. The van der Waals surface area contributed by atoms with Gasteiger partial charge in [-0.3, -0.25) is 0 Å². The fourth-order valence-electron chi connectivity index (χ4n) is 1.56. The summed E-state index contributed by atoms with van der Waals surface area (Å²) in [6.07, 6.45) is 1.70. The second-order valence-electron chi connectivity index (χ2n) is 4.38. The Bertz CT molecular complexity index is 537. The van der Waals surface area contributed by atoms with Crippen LogP contribution in [0.2, 0.25) is 0 Å². The van der Waals surface area contributed by atoms with E-state index in [0.29, 0.717) is 18.5 Å². The van der Waals surface area contributed by atoms with Crippen molar-refractivity contribution in [2.45, 2.75) is 19.9 Å². The van der Waals surface area contributed by atoms with E-state index in [1.54, 1.807) is 6.92 Å². The molecule has 1 aromatic carbocycles. The molecule has 0 bridgehead atoms. The molecule has 0 saturated carbocycles. The predicted octanol–water partition coefficient (Wildman–Crippen LogP) is 2.08. The minimum Gasteiger partial charge on any atom is -0.462 e. The first-order chi connectivity index (χ1) is 10.0. The molecule has 21 heavy (non-hydrogen) atoms.